The lowest BCUT2D eigenvalue weighted by Gasteiger charge is -2.18. The third-order valence-corrected chi connectivity index (χ3v) is 6.73. The molecule has 2 heteroatoms. The molecule has 0 aliphatic heterocycles. The van der Waals surface area contributed by atoms with E-state index in [4.69, 9.17) is 4.42 Å². The van der Waals surface area contributed by atoms with Gasteiger partial charge in [0.2, 0.25) is 0 Å². The summed E-state index contributed by atoms with van der Waals surface area (Å²) >= 11 is 0. The van der Waals surface area contributed by atoms with Crippen LogP contribution in [0.15, 0.2) is 95.4 Å². The molecule has 2 nitrogen and oxygen atoms in total. The van der Waals surface area contributed by atoms with E-state index in [0.717, 1.165) is 30.8 Å². The van der Waals surface area contributed by atoms with Crippen molar-refractivity contribution in [1.29, 1.82) is 0 Å². The monoisotopic (exact) mass is 429 g/mol. The Morgan fingerprint density at radius 2 is 1.58 bits per heavy atom. The van der Waals surface area contributed by atoms with Gasteiger partial charge in [0.1, 0.15) is 11.5 Å². The van der Waals surface area contributed by atoms with Crippen LogP contribution in [0.2, 0.25) is 0 Å². The van der Waals surface area contributed by atoms with Crippen molar-refractivity contribution in [3.63, 3.8) is 0 Å². The predicted molar refractivity (Wildman–Crippen MR) is 136 cm³/mol. The average Bonchev–Trinajstić information content (AvgIpc) is 3.41. The summed E-state index contributed by atoms with van der Waals surface area (Å²) in [7, 11) is 0. The van der Waals surface area contributed by atoms with E-state index in [9.17, 15) is 0 Å². The van der Waals surface area contributed by atoms with Crippen LogP contribution in [0.25, 0.3) is 22.6 Å². The van der Waals surface area contributed by atoms with Crippen LogP contribution in [0.3, 0.4) is 0 Å². The second kappa shape index (κ2) is 8.29. The molecular weight excluding hydrogens is 402 g/mol. The van der Waals surface area contributed by atoms with Crippen molar-refractivity contribution in [1.82, 2.24) is 4.98 Å². The number of nitrogens with one attached hydrogen (secondary N) is 1. The van der Waals surface area contributed by atoms with Gasteiger partial charge in [0.15, 0.2) is 0 Å². The number of para-hydroxylation sites is 1. The highest BCUT2D eigenvalue weighted by atomic mass is 16.3. The van der Waals surface area contributed by atoms with Gasteiger partial charge < -0.3 is 9.40 Å². The number of aromatic nitrogens is 1. The summed E-state index contributed by atoms with van der Waals surface area (Å²) in [6.45, 7) is 2.23. The molecule has 2 aromatic heterocycles. The van der Waals surface area contributed by atoms with Crippen molar-refractivity contribution in [3.8, 4) is 0 Å². The zero-order chi connectivity index (χ0) is 22.2. The number of fused-ring (bicyclic) bond motifs is 4. The third kappa shape index (κ3) is 3.43. The number of rotatable bonds is 5. The zero-order valence-electron chi connectivity index (χ0n) is 18.8. The molecule has 1 atom stereocenters. The molecule has 5 aromatic rings. The molecule has 0 radical (unpaired) electrons. The summed E-state index contributed by atoms with van der Waals surface area (Å²) in [6, 6.07) is 32.5. The van der Waals surface area contributed by atoms with Crippen molar-refractivity contribution >= 4 is 22.6 Å². The Morgan fingerprint density at radius 3 is 2.36 bits per heavy atom. The van der Waals surface area contributed by atoms with Crippen molar-refractivity contribution < 1.29 is 4.42 Å². The lowest BCUT2D eigenvalue weighted by atomic mass is 9.83. The Kier molecular flexibility index (Phi) is 4.99. The molecule has 1 aliphatic carbocycles. The van der Waals surface area contributed by atoms with Crippen LogP contribution < -0.4 is 0 Å². The largest absolute Gasteiger partial charge is 0.461 e. The summed E-state index contributed by atoms with van der Waals surface area (Å²) in [4.78, 5) is 3.77. The summed E-state index contributed by atoms with van der Waals surface area (Å²) in [5, 5.41) is 1.27. The number of hydrogen-bond donors (Lipinski definition) is 1. The maximum Gasteiger partial charge on any atom is 0.131 e. The van der Waals surface area contributed by atoms with Gasteiger partial charge >= 0.3 is 0 Å². The standard InChI is InChI=1S/C31H27NO/c1-2-3-16-23-19-26-28(33-23)20-25(21-12-6-4-7-13-21)31-30(24-17-10-11-18-27(24)32-31)29(26)22-14-8-5-9-15-22/h4-15,17-20,29,32H,2-3,16H2,1H3. The number of benzene rings is 3. The van der Waals surface area contributed by atoms with E-state index in [1.807, 2.05) is 0 Å². The second-order valence-corrected chi connectivity index (χ2v) is 8.86. The number of aryl methyl sites for hydroxylation is 1. The molecule has 0 bridgehead atoms. The minimum Gasteiger partial charge on any atom is -0.461 e. The summed E-state index contributed by atoms with van der Waals surface area (Å²) in [6.07, 6.45) is 5.51. The zero-order valence-corrected chi connectivity index (χ0v) is 18.8. The van der Waals surface area contributed by atoms with Crippen LogP contribution in [-0.2, 0) is 6.42 Å². The smallest absolute Gasteiger partial charge is 0.131 e. The van der Waals surface area contributed by atoms with Crippen LogP contribution in [0.5, 0.6) is 0 Å². The second-order valence-electron chi connectivity index (χ2n) is 8.86. The normalized spacial score (nSPS) is 15.1. The first-order valence-electron chi connectivity index (χ1n) is 11.9. The fraction of sp³-hybridized carbons (Fsp3) is 0.161. The van der Waals surface area contributed by atoms with Gasteiger partial charge in [-0.05, 0) is 41.3 Å². The minimum atomic E-state index is 0.101. The summed E-state index contributed by atoms with van der Waals surface area (Å²) in [5.41, 5.74) is 8.59. The Hall–Kier alpha value is -3.78. The topological polar surface area (TPSA) is 28.9 Å². The fourth-order valence-corrected chi connectivity index (χ4v) is 5.16. The molecule has 2 heterocycles. The number of H-pyrrole nitrogens is 1. The third-order valence-electron chi connectivity index (χ3n) is 6.73. The maximum atomic E-state index is 6.51. The molecule has 1 aliphatic rings. The van der Waals surface area contributed by atoms with Crippen LogP contribution in [0, 0.1) is 0 Å². The molecule has 0 saturated carbocycles. The highest BCUT2D eigenvalue weighted by Gasteiger charge is 2.32. The highest BCUT2D eigenvalue weighted by Crippen LogP contribution is 2.47. The van der Waals surface area contributed by atoms with Gasteiger partial charge in [-0.3, -0.25) is 0 Å². The van der Waals surface area contributed by atoms with Gasteiger partial charge in [-0.2, -0.15) is 0 Å². The van der Waals surface area contributed by atoms with E-state index in [0.29, 0.717) is 0 Å². The Labute approximate surface area is 194 Å². The average molecular weight is 430 g/mol. The predicted octanol–water partition coefficient (Wildman–Crippen LogP) is 8.19. The molecule has 0 spiro atoms. The lowest BCUT2D eigenvalue weighted by Crippen LogP contribution is -2.04. The van der Waals surface area contributed by atoms with Gasteiger partial charge in [0.25, 0.3) is 0 Å². The fourth-order valence-electron chi connectivity index (χ4n) is 5.16. The Balaban J connectivity index is 1.68. The van der Waals surface area contributed by atoms with Gasteiger partial charge in [0.05, 0.1) is 5.69 Å². The van der Waals surface area contributed by atoms with Gasteiger partial charge in [-0.25, -0.2) is 0 Å². The number of furan rings is 1. The molecular formula is C31H27NO. The van der Waals surface area contributed by atoms with Crippen LogP contribution >= 0.6 is 0 Å². The highest BCUT2D eigenvalue weighted by molar-refractivity contribution is 6.00. The van der Waals surface area contributed by atoms with E-state index in [1.54, 1.807) is 0 Å². The Morgan fingerprint density at radius 1 is 0.848 bits per heavy atom. The van der Waals surface area contributed by atoms with Crippen molar-refractivity contribution in [2.45, 2.75) is 32.1 Å². The van der Waals surface area contributed by atoms with E-state index < -0.39 is 0 Å². The minimum absolute atomic E-state index is 0.101. The SMILES string of the molecule is CCCCc1cc2c(o1)C=C(c1ccccc1)c1[nH]c3ccccc3c1C2c1ccccc1. The molecule has 1 unspecified atom stereocenters. The molecule has 0 saturated heterocycles. The van der Waals surface area contributed by atoms with Crippen molar-refractivity contribution in [2.75, 3.05) is 0 Å². The van der Waals surface area contributed by atoms with E-state index in [2.05, 4.69) is 109 Å². The van der Waals surface area contributed by atoms with Crippen LogP contribution in [0.1, 0.15) is 65.2 Å². The molecule has 0 amide bonds. The first-order chi connectivity index (χ1) is 16.3. The number of aromatic amines is 1. The maximum absolute atomic E-state index is 6.51. The first-order valence-corrected chi connectivity index (χ1v) is 11.9. The van der Waals surface area contributed by atoms with Crippen LogP contribution in [0.4, 0.5) is 0 Å². The molecule has 0 fully saturated rings. The van der Waals surface area contributed by atoms with Gasteiger partial charge in [-0.1, -0.05) is 92.2 Å². The van der Waals surface area contributed by atoms with Crippen LogP contribution in [-0.4, -0.2) is 4.98 Å². The number of unbranched alkanes of at least 4 members (excludes halogenated alkanes) is 1. The molecule has 3 aromatic carbocycles. The molecule has 1 N–H and O–H groups in total. The number of hydrogen-bond acceptors (Lipinski definition) is 1. The Bertz CT molecular complexity index is 1440. The van der Waals surface area contributed by atoms with E-state index in [1.165, 1.54) is 44.4 Å². The van der Waals surface area contributed by atoms with Crippen molar-refractivity contribution in [2.24, 2.45) is 0 Å². The quantitative estimate of drug-likeness (QED) is 0.294. The summed E-state index contributed by atoms with van der Waals surface area (Å²) in [5.74, 6) is 2.15. The van der Waals surface area contributed by atoms with Gasteiger partial charge in [0, 0.05) is 34.4 Å². The van der Waals surface area contributed by atoms with E-state index >= 15 is 0 Å². The summed E-state index contributed by atoms with van der Waals surface area (Å²) < 4.78 is 6.51. The van der Waals surface area contributed by atoms with Crippen molar-refractivity contribution in [3.05, 3.63) is 130 Å². The lowest BCUT2D eigenvalue weighted by molar-refractivity contribution is 0.491. The first kappa shape index (κ1) is 19.9. The molecule has 6 rings (SSSR count). The van der Waals surface area contributed by atoms with E-state index in [-0.39, 0.29) is 5.92 Å². The van der Waals surface area contributed by atoms with Gasteiger partial charge in [-0.15, -0.1) is 0 Å². The molecule has 33 heavy (non-hydrogen) atoms. The molecule has 162 valence electrons.